The number of carboxylic acids is 1. The van der Waals surface area contributed by atoms with E-state index in [1.165, 1.54) is 22.2 Å². The molecule has 0 bridgehead atoms. The highest BCUT2D eigenvalue weighted by Crippen LogP contribution is 2.41. The first kappa shape index (κ1) is 11.2. The number of aliphatic carboxylic acids is 1. The summed E-state index contributed by atoms with van der Waals surface area (Å²) in [5, 5.41) is 10.1. The van der Waals surface area contributed by atoms with Crippen LogP contribution in [-0.2, 0) is 17.6 Å². The number of hydrogen-bond acceptors (Lipinski definition) is 5. The van der Waals surface area contributed by atoms with Gasteiger partial charge < -0.3 is 10.0 Å². The third-order valence-electron chi connectivity index (χ3n) is 4.01. The van der Waals surface area contributed by atoms with Crippen molar-refractivity contribution in [2.45, 2.75) is 19.3 Å². The Labute approximate surface area is 113 Å². The third kappa shape index (κ3) is 1.56. The van der Waals surface area contributed by atoms with Crippen LogP contribution in [0.5, 0.6) is 0 Å². The van der Waals surface area contributed by atoms with Crippen LogP contribution in [0.1, 0.15) is 16.9 Å². The molecule has 98 valence electrons. The fourth-order valence-corrected chi connectivity index (χ4v) is 4.18. The maximum Gasteiger partial charge on any atom is 0.310 e. The number of aromatic nitrogens is 2. The smallest absolute Gasteiger partial charge is 0.310 e. The molecule has 0 spiro atoms. The fourth-order valence-electron chi connectivity index (χ4n) is 2.96. The number of thiophene rings is 1. The Balaban J connectivity index is 1.77. The molecule has 0 unspecified atom stereocenters. The molecule has 1 N–H and O–H groups in total. The van der Waals surface area contributed by atoms with Crippen LogP contribution in [0.15, 0.2) is 6.33 Å². The molecule has 0 saturated carbocycles. The molecule has 0 amide bonds. The number of hydrogen-bond donors (Lipinski definition) is 1. The summed E-state index contributed by atoms with van der Waals surface area (Å²) in [5.41, 5.74) is 1.40. The van der Waals surface area contributed by atoms with E-state index in [-0.39, 0.29) is 5.92 Å². The van der Waals surface area contributed by atoms with Crippen LogP contribution >= 0.6 is 11.3 Å². The van der Waals surface area contributed by atoms with E-state index in [0.717, 1.165) is 23.5 Å². The van der Waals surface area contributed by atoms with Gasteiger partial charge in [0.15, 0.2) is 0 Å². The number of aryl methyl sites for hydroxylation is 2. The van der Waals surface area contributed by atoms with E-state index in [1.807, 2.05) is 0 Å². The predicted octanol–water partition coefficient (Wildman–Crippen LogP) is 1.70. The number of carbonyl (C=O) groups is 1. The average Bonchev–Trinajstić information content (AvgIpc) is 2.85. The molecule has 1 saturated heterocycles. The van der Waals surface area contributed by atoms with Crippen molar-refractivity contribution in [2.24, 2.45) is 5.92 Å². The number of carboxylic acid groups (broad SMARTS) is 1. The number of fused-ring (bicyclic) bond motifs is 3. The maximum absolute atomic E-state index is 10.9. The van der Waals surface area contributed by atoms with Crippen LogP contribution in [0.2, 0.25) is 0 Å². The summed E-state index contributed by atoms with van der Waals surface area (Å²) < 4.78 is 0. The van der Waals surface area contributed by atoms with Crippen molar-refractivity contribution in [1.82, 2.24) is 9.97 Å². The number of anilines is 1. The van der Waals surface area contributed by atoms with Crippen LogP contribution in [0.4, 0.5) is 5.82 Å². The highest BCUT2D eigenvalue weighted by atomic mass is 32.1. The molecule has 2 aromatic heterocycles. The second-order valence-corrected chi connectivity index (χ2v) is 6.26. The molecule has 0 aromatic carbocycles. The summed E-state index contributed by atoms with van der Waals surface area (Å²) in [7, 11) is 0. The van der Waals surface area contributed by atoms with Crippen molar-refractivity contribution in [3.8, 4) is 0 Å². The molecule has 1 aliphatic carbocycles. The summed E-state index contributed by atoms with van der Waals surface area (Å²) in [6, 6.07) is 0. The van der Waals surface area contributed by atoms with Gasteiger partial charge in [-0.15, -0.1) is 11.3 Å². The minimum Gasteiger partial charge on any atom is -0.481 e. The molecular formula is C13H13N3O2S. The summed E-state index contributed by atoms with van der Waals surface area (Å²) in [5.74, 6) is -0.0318. The summed E-state index contributed by atoms with van der Waals surface area (Å²) in [6.45, 7) is 1.12. The lowest BCUT2D eigenvalue weighted by molar-refractivity contribution is -0.142. The van der Waals surface area contributed by atoms with E-state index >= 15 is 0 Å². The van der Waals surface area contributed by atoms with Crippen molar-refractivity contribution in [3.63, 3.8) is 0 Å². The highest BCUT2D eigenvalue weighted by Gasteiger charge is 2.35. The Morgan fingerprint density at radius 1 is 1.37 bits per heavy atom. The van der Waals surface area contributed by atoms with Crippen LogP contribution in [0.3, 0.4) is 0 Å². The number of rotatable bonds is 2. The van der Waals surface area contributed by atoms with E-state index < -0.39 is 5.97 Å². The average molecular weight is 275 g/mol. The maximum atomic E-state index is 10.9. The Morgan fingerprint density at radius 2 is 2.21 bits per heavy atom. The van der Waals surface area contributed by atoms with Gasteiger partial charge in [0.05, 0.1) is 11.3 Å². The Morgan fingerprint density at radius 3 is 3.00 bits per heavy atom. The van der Waals surface area contributed by atoms with Gasteiger partial charge in [0.2, 0.25) is 0 Å². The fraction of sp³-hybridized carbons (Fsp3) is 0.462. The van der Waals surface area contributed by atoms with Crippen LogP contribution in [0, 0.1) is 5.92 Å². The van der Waals surface area contributed by atoms with E-state index in [1.54, 1.807) is 17.7 Å². The van der Waals surface area contributed by atoms with Crippen molar-refractivity contribution >= 4 is 33.3 Å². The summed E-state index contributed by atoms with van der Waals surface area (Å²) in [4.78, 5) is 24.2. The molecule has 5 nitrogen and oxygen atoms in total. The zero-order valence-electron chi connectivity index (χ0n) is 10.3. The van der Waals surface area contributed by atoms with Gasteiger partial charge in [0.25, 0.3) is 0 Å². The molecule has 1 aliphatic heterocycles. The zero-order valence-corrected chi connectivity index (χ0v) is 11.1. The molecule has 2 aromatic rings. The first-order chi connectivity index (χ1) is 9.24. The Hall–Kier alpha value is -1.69. The van der Waals surface area contributed by atoms with E-state index in [0.29, 0.717) is 13.1 Å². The van der Waals surface area contributed by atoms with Gasteiger partial charge in [-0.25, -0.2) is 9.97 Å². The lowest BCUT2D eigenvalue weighted by atomic mass is 10.00. The van der Waals surface area contributed by atoms with Gasteiger partial charge >= 0.3 is 5.97 Å². The van der Waals surface area contributed by atoms with Crippen LogP contribution in [-0.4, -0.2) is 34.1 Å². The number of nitrogens with zero attached hydrogens (tertiary/aromatic N) is 3. The van der Waals surface area contributed by atoms with Crippen molar-refractivity contribution < 1.29 is 9.90 Å². The van der Waals surface area contributed by atoms with E-state index in [4.69, 9.17) is 5.11 Å². The molecule has 19 heavy (non-hydrogen) atoms. The van der Waals surface area contributed by atoms with Gasteiger partial charge in [-0.3, -0.25) is 4.79 Å². The monoisotopic (exact) mass is 275 g/mol. The van der Waals surface area contributed by atoms with Crippen molar-refractivity contribution in [3.05, 3.63) is 16.8 Å². The van der Waals surface area contributed by atoms with Gasteiger partial charge in [-0.2, -0.15) is 0 Å². The second-order valence-electron chi connectivity index (χ2n) is 5.17. The largest absolute Gasteiger partial charge is 0.481 e. The first-order valence-corrected chi connectivity index (χ1v) is 7.28. The van der Waals surface area contributed by atoms with E-state index in [2.05, 4.69) is 14.9 Å². The van der Waals surface area contributed by atoms with E-state index in [9.17, 15) is 4.79 Å². The molecular weight excluding hydrogens is 262 g/mol. The molecule has 0 atom stereocenters. The second kappa shape index (κ2) is 3.90. The Kier molecular flexibility index (Phi) is 2.29. The summed E-state index contributed by atoms with van der Waals surface area (Å²) >= 11 is 1.77. The van der Waals surface area contributed by atoms with Gasteiger partial charge in [0.1, 0.15) is 17.0 Å². The third-order valence-corrected chi connectivity index (χ3v) is 5.21. The normalized spacial score (nSPS) is 18.6. The molecule has 0 radical (unpaired) electrons. The summed E-state index contributed by atoms with van der Waals surface area (Å²) in [6.07, 6.45) is 5.06. The SMILES string of the molecule is O=C(O)C1CN(c2ncnc3sc4c(c23)CCC4)C1. The Bertz CT molecular complexity index is 676. The topological polar surface area (TPSA) is 66.3 Å². The zero-order chi connectivity index (χ0) is 13.0. The van der Waals surface area contributed by atoms with Crippen LogP contribution in [0.25, 0.3) is 10.2 Å². The molecule has 6 heteroatoms. The predicted molar refractivity (Wildman–Crippen MR) is 72.8 cm³/mol. The molecule has 1 fully saturated rings. The van der Waals surface area contributed by atoms with Crippen molar-refractivity contribution in [1.29, 1.82) is 0 Å². The highest BCUT2D eigenvalue weighted by molar-refractivity contribution is 7.19. The lowest BCUT2D eigenvalue weighted by Gasteiger charge is -2.37. The first-order valence-electron chi connectivity index (χ1n) is 6.47. The minimum absolute atomic E-state index is 0.253. The van der Waals surface area contributed by atoms with Gasteiger partial charge in [0, 0.05) is 18.0 Å². The van der Waals surface area contributed by atoms with Crippen molar-refractivity contribution in [2.75, 3.05) is 18.0 Å². The molecule has 3 heterocycles. The molecule has 2 aliphatic rings. The lowest BCUT2D eigenvalue weighted by Crippen LogP contribution is -2.50. The van der Waals surface area contributed by atoms with Gasteiger partial charge in [-0.1, -0.05) is 0 Å². The minimum atomic E-state index is -0.711. The molecule has 4 rings (SSSR count). The van der Waals surface area contributed by atoms with Gasteiger partial charge in [-0.05, 0) is 24.8 Å². The standard InChI is InChI=1S/C13H13N3O2S/c17-13(18)7-4-16(5-7)11-10-8-2-1-3-9(8)19-12(10)15-6-14-11/h6-7H,1-5H2,(H,17,18). The quantitative estimate of drug-likeness (QED) is 0.903. The van der Waals surface area contributed by atoms with Crippen LogP contribution < -0.4 is 4.90 Å².